The van der Waals surface area contributed by atoms with E-state index < -0.39 is 0 Å². The van der Waals surface area contributed by atoms with Crippen LogP contribution >= 0.6 is 0 Å². The minimum Gasteiger partial charge on any atom is -0.493 e. The number of carbonyl (C=O) groups is 1. The van der Waals surface area contributed by atoms with Crippen molar-refractivity contribution in [1.82, 2.24) is 4.98 Å². The second kappa shape index (κ2) is 7.98. The second-order valence-electron chi connectivity index (χ2n) is 6.04. The molecule has 2 N–H and O–H groups in total. The van der Waals surface area contributed by atoms with Gasteiger partial charge in [-0.2, -0.15) is 0 Å². The van der Waals surface area contributed by atoms with Crippen LogP contribution in [0.5, 0.6) is 11.5 Å². The average molecular weight is 342 g/mol. The van der Waals surface area contributed by atoms with Crippen LogP contribution in [0.15, 0.2) is 36.7 Å². The molecular formula is C19H22N2O4. The smallest absolute Gasteiger partial charge is 0.256 e. The molecule has 1 amide bonds. The first-order chi connectivity index (χ1) is 12.2. The van der Waals surface area contributed by atoms with Crippen molar-refractivity contribution < 1.29 is 19.4 Å². The van der Waals surface area contributed by atoms with Crippen molar-refractivity contribution in [3.8, 4) is 11.5 Å². The molecule has 6 nitrogen and oxygen atoms in total. The highest BCUT2D eigenvalue weighted by Gasteiger charge is 2.19. The van der Waals surface area contributed by atoms with Crippen LogP contribution in [0.1, 0.15) is 41.6 Å². The molecule has 2 aromatic rings. The first-order valence-electron chi connectivity index (χ1n) is 8.41. The zero-order valence-corrected chi connectivity index (χ0v) is 14.2. The molecule has 1 aliphatic carbocycles. The molecular weight excluding hydrogens is 320 g/mol. The lowest BCUT2D eigenvalue weighted by atomic mass is 10.1. The fraction of sp³-hybridized carbons (Fsp3) is 0.368. The number of hydrogen-bond acceptors (Lipinski definition) is 5. The van der Waals surface area contributed by atoms with E-state index in [0.717, 1.165) is 12.8 Å². The standard InChI is InChI=1S/C19H22N2O4/c1-24-17-7-6-14(10-18(17)25-15-4-2-3-5-15)21-19(23)16-8-9-20-11-13(16)12-22/h6-11,15,22H,2-5,12H2,1H3,(H,21,23). The lowest BCUT2D eigenvalue weighted by Crippen LogP contribution is -2.15. The summed E-state index contributed by atoms with van der Waals surface area (Å²) in [4.78, 5) is 16.4. The summed E-state index contributed by atoms with van der Waals surface area (Å²) in [5, 5.41) is 12.2. The Bertz CT molecular complexity index is 742. The molecule has 0 radical (unpaired) electrons. The van der Waals surface area contributed by atoms with E-state index in [-0.39, 0.29) is 18.6 Å². The summed E-state index contributed by atoms with van der Waals surface area (Å²) < 4.78 is 11.4. The highest BCUT2D eigenvalue weighted by molar-refractivity contribution is 6.05. The molecule has 1 fully saturated rings. The second-order valence-corrected chi connectivity index (χ2v) is 6.04. The Morgan fingerprint density at radius 1 is 1.28 bits per heavy atom. The third kappa shape index (κ3) is 4.09. The van der Waals surface area contributed by atoms with Crippen LogP contribution in [0.25, 0.3) is 0 Å². The van der Waals surface area contributed by atoms with Crippen LogP contribution in [-0.2, 0) is 6.61 Å². The molecule has 3 rings (SSSR count). The van der Waals surface area contributed by atoms with Gasteiger partial charge in [-0.15, -0.1) is 0 Å². The van der Waals surface area contributed by atoms with Gasteiger partial charge in [-0.3, -0.25) is 9.78 Å². The third-order valence-electron chi connectivity index (χ3n) is 4.34. The van der Waals surface area contributed by atoms with E-state index >= 15 is 0 Å². The maximum atomic E-state index is 12.5. The molecule has 0 spiro atoms. The van der Waals surface area contributed by atoms with Gasteiger partial charge >= 0.3 is 0 Å². The molecule has 1 aromatic heterocycles. The largest absolute Gasteiger partial charge is 0.493 e. The minimum absolute atomic E-state index is 0.195. The molecule has 132 valence electrons. The first-order valence-corrected chi connectivity index (χ1v) is 8.41. The van der Waals surface area contributed by atoms with E-state index in [9.17, 15) is 9.90 Å². The van der Waals surface area contributed by atoms with E-state index in [1.165, 1.54) is 25.2 Å². The molecule has 1 aromatic carbocycles. The van der Waals surface area contributed by atoms with Gasteiger partial charge in [0.2, 0.25) is 0 Å². The van der Waals surface area contributed by atoms with E-state index in [2.05, 4.69) is 10.3 Å². The van der Waals surface area contributed by atoms with Crippen LogP contribution in [0.2, 0.25) is 0 Å². The van der Waals surface area contributed by atoms with E-state index in [4.69, 9.17) is 9.47 Å². The van der Waals surface area contributed by atoms with Gasteiger partial charge in [0.15, 0.2) is 11.5 Å². The van der Waals surface area contributed by atoms with Crippen molar-refractivity contribution in [1.29, 1.82) is 0 Å². The summed E-state index contributed by atoms with van der Waals surface area (Å²) in [6.07, 6.45) is 7.63. The predicted molar refractivity (Wildman–Crippen MR) is 94.0 cm³/mol. The first kappa shape index (κ1) is 17.2. The molecule has 1 heterocycles. The topological polar surface area (TPSA) is 80.7 Å². The van der Waals surface area contributed by atoms with Crippen molar-refractivity contribution in [2.24, 2.45) is 0 Å². The van der Waals surface area contributed by atoms with Crippen molar-refractivity contribution in [2.75, 3.05) is 12.4 Å². The van der Waals surface area contributed by atoms with Crippen LogP contribution in [0.4, 0.5) is 5.69 Å². The lowest BCUT2D eigenvalue weighted by molar-refractivity contribution is 0.102. The van der Waals surface area contributed by atoms with E-state index in [0.29, 0.717) is 28.3 Å². The molecule has 0 saturated heterocycles. The molecule has 1 saturated carbocycles. The van der Waals surface area contributed by atoms with Crippen LogP contribution in [0, 0.1) is 0 Å². The van der Waals surface area contributed by atoms with Gasteiger partial charge < -0.3 is 19.9 Å². The number of ether oxygens (including phenoxy) is 2. The molecule has 25 heavy (non-hydrogen) atoms. The number of aromatic nitrogens is 1. The predicted octanol–water partition coefficient (Wildman–Crippen LogP) is 3.16. The number of nitrogens with zero attached hydrogens (tertiary/aromatic N) is 1. The van der Waals surface area contributed by atoms with Crippen LogP contribution in [-0.4, -0.2) is 29.2 Å². The number of aliphatic hydroxyl groups excluding tert-OH is 1. The van der Waals surface area contributed by atoms with Gasteiger partial charge in [0.1, 0.15) is 0 Å². The zero-order valence-electron chi connectivity index (χ0n) is 14.2. The van der Waals surface area contributed by atoms with Crippen molar-refractivity contribution in [3.63, 3.8) is 0 Å². The molecule has 1 aliphatic rings. The number of hydrogen-bond donors (Lipinski definition) is 2. The molecule has 0 atom stereocenters. The monoisotopic (exact) mass is 342 g/mol. The normalized spacial score (nSPS) is 14.3. The Kier molecular flexibility index (Phi) is 5.50. The van der Waals surface area contributed by atoms with Gasteiger partial charge in [-0.1, -0.05) is 0 Å². The molecule has 0 aliphatic heterocycles. The maximum Gasteiger partial charge on any atom is 0.256 e. The number of anilines is 1. The summed E-state index contributed by atoms with van der Waals surface area (Å²) in [6, 6.07) is 6.90. The summed E-state index contributed by atoms with van der Waals surface area (Å²) in [7, 11) is 1.60. The van der Waals surface area contributed by atoms with Gasteiger partial charge in [0.05, 0.1) is 19.8 Å². The number of nitrogens with one attached hydrogen (secondary N) is 1. The number of aliphatic hydroxyl groups is 1. The van der Waals surface area contributed by atoms with Crippen molar-refractivity contribution in [2.45, 2.75) is 38.4 Å². The number of carbonyl (C=O) groups excluding carboxylic acids is 1. The summed E-state index contributed by atoms with van der Waals surface area (Å²) in [6.45, 7) is -0.241. The fourth-order valence-corrected chi connectivity index (χ4v) is 3.01. The number of rotatable bonds is 6. The summed E-state index contributed by atoms with van der Waals surface area (Å²) in [5.41, 5.74) is 1.49. The lowest BCUT2D eigenvalue weighted by Gasteiger charge is -2.17. The number of benzene rings is 1. The third-order valence-corrected chi connectivity index (χ3v) is 4.34. The molecule has 0 bridgehead atoms. The van der Waals surface area contributed by atoms with Crippen molar-refractivity contribution in [3.05, 3.63) is 47.8 Å². The Hall–Kier alpha value is -2.60. The minimum atomic E-state index is -0.302. The molecule has 6 heteroatoms. The van der Waals surface area contributed by atoms with E-state index in [1.807, 2.05) is 0 Å². The number of pyridine rings is 1. The highest BCUT2D eigenvalue weighted by atomic mass is 16.5. The quantitative estimate of drug-likeness (QED) is 0.843. The highest BCUT2D eigenvalue weighted by Crippen LogP contribution is 2.34. The Labute approximate surface area is 146 Å². The zero-order chi connectivity index (χ0) is 17.6. The Morgan fingerprint density at radius 2 is 2.08 bits per heavy atom. The van der Waals surface area contributed by atoms with Gasteiger partial charge in [0, 0.05) is 35.3 Å². The van der Waals surface area contributed by atoms with Crippen LogP contribution < -0.4 is 14.8 Å². The Morgan fingerprint density at radius 3 is 2.80 bits per heavy atom. The van der Waals surface area contributed by atoms with Gasteiger partial charge in [-0.25, -0.2) is 0 Å². The SMILES string of the molecule is COc1ccc(NC(=O)c2ccncc2CO)cc1OC1CCCC1. The number of methoxy groups -OCH3 is 1. The Balaban J connectivity index is 1.78. The fourth-order valence-electron chi connectivity index (χ4n) is 3.01. The maximum absolute atomic E-state index is 12.5. The van der Waals surface area contributed by atoms with E-state index in [1.54, 1.807) is 31.4 Å². The van der Waals surface area contributed by atoms with Crippen molar-refractivity contribution >= 4 is 11.6 Å². The molecule has 0 unspecified atom stereocenters. The van der Waals surface area contributed by atoms with Gasteiger partial charge in [0.25, 0.3) is 5.91 Å². The summed E-state index contributed by atoms with van der Waals surface area (Å²) in [5.74, 6) is 0.970. The summed E-state index contributed by atoms with van der Waals surface area (Å²) >= 11 is 0. The van der Waals surface area contributed by atoms with Crippen LogP contribution in [0.3, 0.4) is 0 Å². The average Bonchev–Trinajstić information content (AvgIpc) is 3.15. The van der Waals surface area contributed by atoms with Gasteiger partial charge in [-0.05, 0) is 43.9 Å². The number of amides is 1.